The Labute approximate surface area is 170 Å². The van der Waals surface area contributed by atoms with Crippen LogP contribution in [0.25, 0.3) is 22.8 Å². The summed E-state index contributed by atoms with van der Waals surface area (Å²) >= 11 is 5.22. The molecule has 2 N–H and O–H groups in total. The minimum absolute atomic E-state index is 0.590. The highest BCUT2D eigenvalue weighted by Gasteiger charge is 2.10. The van der Waals surface area contributed by atoms with E-state index in [1.165, 1.54) is 0 Å². The molecule has 0 aliphatic rings. The molecule has 6 nitrogen and oxygen atoms in total. The average molecular weight is 398 g/mol. The summed E-state index contributed by atoms with van der Waals surface area (Å²) in [5.41, 5.74) is 1.90. The molecule has 2 heterocycles. The Morgan fingerprint density at radius 1 is 1.07 bits per heavy atom. The molecule has 1 aromatic carbocycles. The van der Waals surface area contributed by atoms with Crippen molar-refractivity contribution >= 4 is 17.3 Å². The maximum atomic E-state index is 5.92. The third-order valence-corrected chi connectivity index (χ3v) is 4.50. The summed E-state index contributed by atoms with van der Waals surface area (Å²) in [6, 6.07) is 11.7. The van der Waals surface area contributed by atoms with Gasteiger partial charge in [0.1, 0.15) is 5.75 Å². The van der Waals surface area contributed by atoms with E-state index < -0.39 is 0 Å². The first-order chi connectivity index (χ1) is 13.7. The minimum Gasteiger partial charge on any atom is -0.497 e. The van der Waals surface area contributed by atoms with Gasteiger partial charge < -0.3 is 19.8 Å². The van der Waals surface area contributed by atoms with Crippen molar-refractivity contribution in [3.63, 3.8) is 0 Å². The van der Waals surface area contributed by atoms with E-state index in [0.717, 1.165) is 48.7 Å². The van der Waals surface area contributed by atoms with E-state index in [9.17, 15) is 0 Å². The van der Waals surface area contributed by atoms with Crippen molar-refractivity contribution in [3.05, 3.63) is 55.0 Å². The highest BCUT2D eigenvalue weighted by Crippen LogP contribution is 2.26. The lowest BCUT2D eigenvalue weighted by molar-refractivity contribution is -0.694. The number of aromatic nitrogens is 2. The van der Waals surface area contributed by atoms with E-state index in [1.54, 1.807) is 13.3 Å². The molecular formula is C21H25N4O2S+. The van der Waals surface area contributed by atoms with Crippen molar-refractivity contribution in [2.75, 3.05) is 20.2 Å². The summed E-state index contributed by atoms with van der Waals surface area (Å²) in [5.74, 6) is 2.13. The van der Waals surface area contributed by atoms with Gasteiger partial charge in [0, 0.05) is 29.8 Å². The second-order valence-corrected chi connectivity index (χ2v) is 6.67. The summed E-state index contributed by atoms with van der Waals surface area (Å²) in [6.45, 7) is 4.59. The van der Waals surface area contributed by atoms with Crippen molar-refractivity contribution in [3.8, 4) is 28.5 Å². The largest absolute Gasteiger partial charge is 0.497 e. The fourth-order valence-electron chi connectivity index (χ4n) is 2.64. The van der Waals surface area contributed by atoms with Crippen LogP contribution in [0.15, 0.2) is 59.4 Å². The number of ether oxygens (including phenoxy) is 1. The van der Waals surface area contributed by atoms with Crippen LogP contribution in [0.1, 0.15) is 13.3 Å². The molecule has 3 aromatic rings. The maximum Gasteiger partial charge on any atom is 0.226 e. The Morgan fingerprint density at radius 3 is 2.46 bits per heavy atom. The average Bonchev–Trinajstić information content (AvgIpc) is 3.23. The van der Waals surface area contributed by atoms with Crippen LogP contribution in [0.4, 0.5) is 0 Å². The zero-order valence-electron chi connectivity index (χ0n) is 16.1. The van der Waals surface area contributed by atoms with Crippen LogP contribution >= 0.6 is 12.2 Å². The van der Waals surface area contributed by atoms with Crippen LogP contribution in [0.5, 0.6) is 5.75 Å². The highest BCUT2D eigenvalue weighted by atomic mass is 32.1. The Balaban J connectivity index is 1.57. The van der Waals surface area contributed by atoms with Crippen molar-refractivity contribution in [1.29, 1.82) is 0 Å². The van der Waals surface area contributed by atoms with Crippen molar-refractivity contribution in [1.82, 2.24) is 15.6 Å². The third kappa shape index (κ3) is 5.29. The molecule has 0 bridgehead atoms. The topological polar surface area (TPSA) is 63.2 Å². The minimum atomic E-state index is 0.590. The molecule has 0 atom stereocenters. The van der Waals surface area contributed by atoms with E-state index in [0.29, 0.717) is 11.0 Å². The molecule has 2 aromatic heterocycles. The summed E-state index contributed by atoms with van der Waals surface area (Å²) in [4.78, 5) is 4.39. The van der Waals surface area contributed by atoms with Crippen LogP contribution in [-0.4, -0.2) is 30.3 Å². The molecule has 0 radical (unpaired) electrons. The Bertz CT molecular complexity index is 892. The van der Waals surface area contributed by atoms with Crippen molar-refractivity contribution in [2.24, 2.45) is 0 Å². The van der Waals surface area contributed by atoms with E-state index in [2.05, 4.69) is 27.1 Å². The van der Waals surface area contributed by atoms with Crippen LogP contribution < -0.4 is 19.9 Å². The molecular weight excluding hydrogens is 372 g/mol. The van der Waals surface area contributed by atoms with E-state index in [4.69, 9.17) is 21.4 Å². The van der Waals surface area contributed by atoms with Crippen molar-refractivity contribution in [2.45, 2.75) is 19.9 Å². The second kappa shape index (κ2) is 9.85. The number of rotatable bonds is 8. The monoisotopic (exact) mass is 397 g/mol. The zero-order chi connectivity index (χ0) is 19.8. The summed E-state index contributed by atoms with van der Waals surface area (Å²) in [7, 11) is 1.65. The quantitative estimate of drug-likeness (QED) is 0.450. The molecule has 146 valence electrons. The number of methoxy groups -OCH3 is 1. The maximum absolute atomic E-state index is 5.92. The first-order valence-corrected chi connectivity index (χ1v) is 9.72. The lowest BCUT2D eigenvalue weighted by atomic mass is 10.2. The van der Waals surface area contributed by atoms with Gasteiger partial charge in [0.15, 0.2) is 29.8 Å². The number of pyridine rings is 1. The molecule has 28 heavy (non-hydrogen) atoms. The predicted octanol–water partition coefficient (Wildman–Crippen LogP) is 3.18. The van der Waals surface area contributed by atoms with E-state index in [1.807, 2.05) is 48.8 Å². The Hall–Kier alpha value is -2.93. The molecule has 3 rings (SSSR count). The number of hydrogen-bond donors (Lipinski definition) is 2. The van der Waals surface area contributed by atoms with Crippen molar-refractivity contribution < 1.29 is 13.7 Å². The number of nitrogens with zero attached hydrogens (tertiary/aromatic N) is 2. The van der Waals surface area contributed by atoms with Gasteiger partial charge in [-0.1, -0.05) is 6.92 Å². The molecule has 0 saturated carbocycles. The third-order valence-electron chi connectivity index (χ3n) is 4.21. The van der Waals surface area contributed by atoms with E-state index >= 15 is 0 Å². The summed E-state index contributed by atoms with van der Waals surface area (Å²) in [6.07, 6.45) is 6.85. The standard InChI is InChI=1S/C21H24N4O2S/c1-3-10-22-21(28)23-11-14-25-12-8-16(9-13-25)19-15-24-20(27-19)17-4-6-18(26-2)7-5-17/h4-9,12-13,15H,3,10-11,14H2,1-2H3,(H-,22,23,28)/p+1. The van der Waals surface area contributed by atoms with Gasteiger partial charge in [0.25, 0.3) is 0 Å². The molecule has 0 saturated heterocycles. The van der Waals surface area contributed by atoms with Crippen LogP contribution in [0, 0.1) is 0 Å². The highest BCUT2D eigenvalue weighted by molar-refractivity contribution is 7.80. The molecule has 7 heteroatoms. The number of oxazole rings is 1. The van der Waals surface area contributed by atoms with Crippen LogP contribution in [0.3, 0.4) is 0 Å². The van der Waals surface area contributed by atoms with Gasteiger partial charge in [-0.15, -0.1) is 0 Å². The molecule has 0 unspecified atom stereocenters. The molecule has 0 aliphatic carbocycles. The lowest BCUT2D eigenvalue weighted by Crippen LogP contribution is -2.43. The number of nitrogens with one attached hydrogen (secondary N) is 2. The van der Waals surface area contributed by atoms with Gasteiger partial charge in [0.2, 0.25) is 5.89 Å². The number of hydrogen-bond acceptors (Lipinski definition) is 4. The van der Waals surface area contributed by atoms with Gasteiger partial charge in [-0.2, -0.15) is 0 Å². The fourth-order valence-corrected chi connectivity index (χ4v) is 2.85. The number of thiocarbonyl (C=S) groups is 1. The van der Waals surface area contributed by atoms with Gasteiger partial charge in [-0.25, -0.2) is 9.55 Å². The first-order valence-electron chi connectivity index (χ1n) is 9.31. The predicted molar refractivity (Wildman–Crippen MR) is 113 cm³/mol. The van der Waals surface area contributed by atoms with Crippen LogP contribution in [0.2, 0.25) is 0 Å². The Morgan fingerprint density at radius 2 is 1.79 bits per heavy atom. The zero-order valence-corrected chi connectivity index (χ0v) is 17.0. The smallest absolute Gasteiger partial charge is 0.226 e. The van der Waals surface area contributed by atoms with Gasteiger partial charge >= 0.3 is 0 Å². The van der Waals surface area contributed by atoms with Gasteiger partial charge in [0.05, 0.1) is 19.9 Å². The SMILES string of the molecule is CCCNC(=S)NCC[n+]1ccc(-c2cnc(-c3ccc(OC)cc3)o2)cc1. The van der Waals surface area contributed by atoms with E-state index in [-0.39, 0.29) is 0 Å². The van der Waals surface area contributed by atoms with Gasteiger partial charge in [-0.05, 0) is 42.9 Å². The summed E-state index contributed by atoms with van der Waals surface area (Å²) < 4.78 is 13.2. The lowest BCUT2D eigenvalue weighted by Gasteiger charge is -2.07. The molecule has 0 aliphatic heterocycles. The second-order valence-electron chi connectivity index (χ2n) is 6.27. The molecule has 0 amide bonds. The molecule has 0 fully saturated rings. The normalized spacial score (nSPS) is 10.5. The fraction of sp³-hybridized carbons (Fsp3) is 0.286. The molecule has 0 spiro atoms. The first kappa shape index (κ1) is 19.8. The number of benzene rings is 1. The Kier molecular flexibility index (Phi) is 6.97. The van der Waals surface area contributed by atoms with Crippen LogP contribution in [-0.2, 0) is 6.54 Å². The summed E-state index contributed by atoms with van der Waals surface area (Å²) in [5, 5.41) is 7.06. The van der Waals surface area contributed by atoms with Gasteiger partial charge in [-0.3, -0.25) is 0 Å².